The zero-order chi connectivity index (χ0) is 9.26. The minimum atomic E-state index is 0.0520. The van der Waals surface area contributed by atoms with E-state index in [1.165, 1.54) is 0 Å². The molecular formula is C10H11NO2. The SMILES string of the molecule is O=C1Cc2ccc(CCO)cc2N1. The van der Waals surface area contributed by atoms with Crippen LogP contribution in [-0.2, 0) is 17.6 Å². The van der Waals surface area contributed by atoms with Gasteiger partial charge in [-0.2, -0.15) is 0 Å². The first-order valence-electron chi connectivity index (χ1n) is 4.32. The molecule has 0 saturated heterocycles. The highest BCUT2D eigenvalue weighted by molar-refractivity contribution is 5.99. The van der Waals surface area contributed by atoms with E-state index in [0.717, 1.165) is 16.8 Å². The van der Waals surface area contributed by atoms with Crippen molar-refractivity contribution in [3.8, 4) is 0 Å². The number of carbonyl (C=O) groups is 1. The fourth-order valence-corrected chi connectivity index (χ4v) is 1.55. The van der Waals surface area contributed by atoms with Crippen molar-refractivity contribution in [1.29, 1.82) is 0 Å². The fourth-order valence-electron chi connectivity index (χ4n) is 1.55. The number of carbonyl (C=O) groups excluding carboxylic acids is 1. The lowest BCUT2D eigenvalue weighted by Gasteiger charge is -2.01. The summed E-state index contributed by atoms with van der Waals surface area (Å²) >= 11 is 0. The monoisotopic (exact) mass is 177 g/mol. The first-order valence-corrected chi connectivity index (χ1v) is 4.32. The van der Waals surface area contributed by atoms with Gasteiger partial charge in [0, 0.05) is 12.3 Å². The maximum atomic E-state index is 11.0. The highest BCUT2D eigenvalue weighted by Gasteiger charge is 2.16. The maximum absolute atomic E-state index is 11.0. The number of hydrogen-bond donors (Lipinski definition) is 2. The standard InChI is InChI=1S/C10H11NO2/c12-4-3-7-1-2-8-6-10(13)11-9(8)5-7/h1-2,5,12H,3-4,6H2,(H,11,13). The van der Waals surface area contributed by atoms with Gasteiger partial charge in [-0.15, -0.1) is 0 Å². The summed E-state index contributed by atoms with van der Waals surface area (Å²) < 4.78 is 0. The third-order valence-corrected chi connectivity index (χ3v) is 2.20. The van der Waals surface area contributed by atoms with Crippen LogP contribution in [-0.4, -0.2) is 17.6 Å². The predicted molar refractivity (Wildman–Crippen MR) is 49.6 cm³/mol. The molecule has 2 N–H and O–H groups in total. The van der Waals surface area contributed by atoms with Crippen LogP contribution in [0.1, 0.15) is 11.1 Å². The van der Waals surface area contributed by atoms with Gasteiger partial charge in [0.05, 0.1) is 6.42 Å². The lowest BCUT2D eigenvalue weighted by molar-refractivity contribution is -0.115. The van der Waals surface area contributed by atoms with Crippen molar-refractivity contribution in [3.05, 3.63) is 29.3 Å². The number of aliphatic hydroxyl groups is 1. The molecule has 0 spiro atoms. The quantitative estimate of drug-likeness (QED) is 0.699. The Morgan fingerprint density at radius 1 is 1.46 bits per heavy atom. The van der Waals surface area contributed by atoms with Crippen LogP contribution in [0.2, 0.25) is 0 Å². The van der Waals surface area contributed by atoms with Gasteiger partial charge in [0.1, 0.15) is 0 Å². The Balaban J connectivity index is 2.29. The van der Waals surface area contributed by atoms with Gasteiger partial charge in [-0.25, -0.2) is 0 Å². The number of aliphatic hydroxyl groups excluding tert-OH is 1. The number of fused-ring (bicyclic) bond motifs is 1. The molecule has 13 heavy (non-hydrogen) atoms. The van der Waals surface area contributed by atoms with E-state index in [1.54, 1.807) is 0 Å². The third-order valence-electron chi connectivity index (χ3n) is 2.20. The first-order chi connectivity index (χ1) is 6.29. The van der Waals surface area contributed by atoms with Gasteiger partial charge in [-0.1, -0.05) is 12.1 Å². The van der Waals surface area contributed by atoms with Crippen LogP contribution < -0.4 is 5.32 Å². The summed E-state index contributed by atoms with van der Waals surface area (Å²) in [4.78, 5) is 11.0. The molecule has 0 atom stereocenters. The van der Waals surface area contributed by atoms with Gasteiger partial charge >= 0.3 is 0 Å². The maximum Gasteiger partial charge on any atom is 0.228 e. The smallest absolute Gasteiger partial charge is 0.228 e. The molecule has 0 aromatic heterocycles. The molecular weight excluding hydrogens is 166 g/mol. The highest BCUT2D eigenvalue weighted by Crippen LogP contribution is 2.23. The first kappa shape index (κ1) is 8.26. The Labute approximate surface area is 76.4 Å². The molecule has 1 heterocycles. The second kappa shape index (κ2) is 3.18. The summed E-state index contributed by atoms with van der Waals surface area (Å²) in [6.07, 6.45) is 1.12. The topological polar surface area (TPSA) is 49.3 Å². The lowest BCUT2D eigenvalue weighted by Crippen LogP contribution is -2.03. The molecule has 1 amide bonds. The lowest BCUT2D eigenvalue weighted by atomic mass is 10.1. The average molecular weight is 177 g/mol. The number of benzene rings is 1. The molecule has 1 aromatic carbocycles. The molecule has 1 aromatic rings. The van der Waals surface area contributed by atoms with Crippen molar-refractivity contribution >= 4 is 11.6 Å². The predicted octanol–water partition coefficient (Wildman–Crippen LogP) is 0.716. The summed E-state index contributed by atoms with van der Waals surface area (Å²) in [6, 6.07) is 5.82. The van der Waals surface area contributed by atoms with Crippen LogP contribution in [0.25, 0.3) is 0 Å². The zero-order valence-corrected chi connectivity index (χ0v) is 7.21. The van der Waals surface area contributed by atoms with Crippen molar-refractivity contribution < 1.29 is 9.90 Å². The van der Waals surface area contributed by atoms with Crippen LogP contribution in [0.15, 0.2) is 18.2 Å². The van der Waals surface area contributed by atoms with E-state index in [1.807, 2.05) is 18.2 Å². The van der Waals surface area contributed by atoms with E-state index in [9.17, 15) is 4.79 Å². The number of rotatable bonds is 2. The molecule has 0 fully saturated rings. The van der Waals surface area contributed by atoms with E-state index in [0.29, 0.717) is 12.8 Å². The molecule has 1 aliphatic rings. The van der Waals surface area contributed by atoms with Gasteiger partial charge in [-0.05, 0) is 23.6 Å². The normalized spacial score (nSPS) is 14.1. The van der Waals surface area contributed by atoms with Gasteiger partial charge in [0.15, 0.2) is 0 Å². The van der Waals surface area contributed by atoms with E-state index in [4.69, 9.17) is 5.11 Å². The third kappa shape index (κ3) is 1.55. The molecule has 0 radical (unpaired) electrons. The van der Waals surface area contributed by atoms with E-state index in [2.05, 4.69) is 5.32 Å². The van der Waals surface area contributed by atoms with Gasteiger partial charge < -0.3 is 10.4 Å². The van der Waals surface area contributed by atoms with Crippen molar-refractivity contribution in [1.82, 2.24) is 0 Å². The van der Waals surface area contributed by atoms with E-state index < -0.39 is 0 Å². The Hall–Kier alpha value is -1.35. The number of nitrogens with one attached hydrogen (secondary N) is 1. The van der Waals surface area contributed by atoms with E-state index in [-0.39, 0.29) is 12.5 Å². The van der Waals surface area contributed by atoms with Gasteiger partial charge in [-0.3, -0.25) is 4.79 Å². The minimum absolute atomic E-state index is 0.0520. The molecule has 3 heteroatoms. The summed E-state index contributed by atoms with van der Waals surface area (Å²) in [5, 5.41) is 11.5. The van der Waals surface area contributed by atoms with Crippen LogP contribution >= 0.6 is 0 Å². The second-order valence-corrected chi connectivity index (χ2v) is 3.19. The second-order valence-electron chi connectivity index (χ2n) is 3.19. The van der Waals surface area contributed by atoms with Crippen LogP contribution in [0.5, 0.6) is 0 Å². The molecule has 68 valence electrons. The minimum Gasteiger partial charge on any atom is -0.396 e. The van der Waals surface area contributed by atoms with Crippen LogP contribution in [0.4, 0.5) is 5.69 Å². The zero-order valence-electron chi connectivity index (χ0n) is 7.21. The van der Waals surface area contributed by atoms with Crippen LogP contribution in [0, 0.1) is 0 Å². The molecule has 1 aliphatic heterocycles. The largest absolute Gasteiger partial charge is 0.396 e. The Bertz CT molecular complexity index is 347. The van der Waals surface area contributed by atoms with Crippen molar-refractivity contribution in [2.24, 2.45) is 0 Å². The molecule has 3 nitrogen and oxygen atoms in total. The molecule has 0 aliphatic carbocycles. The number of amides is 1. The van der Waals surface area contributed by atoms with Crippen molar-refractivity contribution in [2.45, 2.75) is 12.8 Å². The fraction of sp³-hybridized carbons (Fsp3) is 0.300. The Morgan fingerprint density at radius 2 is 2.31 bits per heavy atom. The summed E-state index contributed by atoms with van der Waals surface area (Å²) in [7, 11) is 0. The van der Waals surface area contributed by atoms with Gasteiger partial charge in [0.2, 0.25) is 5.91 Å². The Morgan fingerprint density at radius 3 is 3.08 bits per heavy atom. The number of hydrogen-bond acceptors (Lipinski definition) is 2. The summed E-state index contributed by atoms with van der Waals surface area (Å²) in [5.74, 6) is 0.0520. The molecule has 0 bridgehead atoms. The van der Waals surface area contributed by atoms with Crippen molar-refractivity contribution in [2.75, 3.05) is 11.9 Å². The molecule has 0 unspecified atom stereocenters. The highest BCUT2D eigenvalue weighted by atomic mass is 16.2. The molecule has 2 rings (SSSR count). The summed E-state index contributed by atoms with van der Waals surface area (Å²) in [6.45, 7) is 0.146. The summed E-state index contributed by atoms with van der Waals surface area (Å²) in [5.41, 5.74) is 3.01. The van der Waals surface area contributed by atoms with Crippen LogP contribution in [0.3, 0.4) is 0 Å². The molecule has 0 saturated carbocycles. The average Bonchev–Trinajstić information content (AvgIpc) is 2.44. The van der Waals surface area contributed by atoms with Gasteiger partial charge in [0.25, 0.3) is 0 Å². The van der Waals surface area contributed by atoms with E-state index >= 15 is 0 Å². The van der Waals surface area contributed by atoms with Crippen molar-refractivity contribution in [3.63, 3.8) is 0 Å². The Kier molecular flexibility index (Phi) is 2.02. The number of anilines is 1.